The molecule has 0 radical (unpaired) electrons. The van der Waals surface area contributed by atoms with Crippen molar-refractivity contribution in [2.24, 2.45) is 17.8 Å². The molecule has 2 fully saturated rings. The Labute approximate surface area is 109 Å². The van der Waals surface area contributed by atoms with Gasteiger partial charge < -0.3 is 9.84 Å². The quantitative estimate of drug-likeness (QED) is 0.895. The highest BCUT2D eigenvalue weighted by Gasteiger charge is 2.43. The fourth-order valence-corrected chi connectivity index (χ4v) is 4.46. The van der Waals surface area contributed by atoms with Gasteiger partial charge in [-0.2, -0.15) is 4.98 Å². The van der Waals surface area contributed by atoms with Crippen LogP contribution in [-0.4, -0.2) is 15.7 Å². The SMILES string of the molecule is CC1CC2CC(C)CC(NCc3ncon3)(C1)C2. The summed E-state index contributed by atoms with van der Waals surface area (Å²) >= 11 is 0. The molecule has 0 spiro atoms. The van der Waals surface area contributed by atoms with Gasteiger partial charge in [-0.1, -0.05) is 19.0 Å². The third-order valence-corrected chi connectivity index (χ3v) is 4.66. The Hall–Kier alpha value is -0.900. The highest BCUT2D eigenvalue weighted by molar-refractivity contribution is 5.01. The second-order valence-electron chi connectivity index (χ2n) is 6.64. The van der Waals surface area contributed by atoms with E-state index in [0.29, 0.717) is 5.54 Å². The van der Waals surface area contributed by atoms with Gasteiger partial charge in [0.05, 0.1) is 6.54 Å². The maximum atomic E-state index is 4.80. The van der Waals surface area contributed by atoms with Gasteiger partial charge in [0.15, 0.2) is 5.82 Å². The number of hydrogen-bond acceptors (Lipinski definition) is 4. The molecule has 4 nitrogen and oxygen atoms in total. The Morgan fingerprint density at radius 3 is 2.61 bits per heavy atom. The van der Waals surface area contributed by atoms with Crippen molar-refractivity contribution in [3.05, 3.63) is 12.2 Å². The first kappa shape index (κ1) is 12.2. The zero-order valence-corrected chi connectivity index (χ0v) is 11.4. The molecule has 100 valence electrons. The second-order valence-corrected chi connectivity index (χ2v) is 6.64. The van der Waals surface area contributed by atoms with Gasteiger partial charge in [-0.05, 0) is 49.9 Å². The predicted octanol–water partition coefficient (Wildman–Crippen LogP) is 2.76. The Balaban J connectivity index is 1.70. The van der Waals surface area contributed by atoms with E-state index in [1.165, 1.54) is 38.5 Å². The normalized spacial score (nSPS) is 39.8. The molecule has 4 heteroatoms. The van der Waals surface area contributed by atoms with Crippen LogP contribution in [0.1, 0.15) is 51.8 Å². The fourth-order valence-electron chi connectivity index (χ4n) is 4.46. The average Bonchev–Trinajstić information content (AvgIpc) is 2.77. The molecular weight excluding hydrogens is 226 g/mol. The van der Waals surface area contributed by atoms with Crippen molar-refractivity contribution in [2.45, 2.75) is 58.0 Å². The molecule has 2 atom stereocenters. The molecule has 0 aromatic carbocycles. The van der Waals surface area contributed by atoms with Gasteiger partial charge in [-0.25, -0.2) is 0 Å². The van der Waals surface area contributed by atoms with Gasteiger partial charge in [-0.3, -0.25) is 0 Å². The number of nitrogens with one attached hydrogen (secondary N) is 1. The largest absolute Gasteiger partial charge is 0.343 e. The Kier molecular flexibility index (Phi) is 3.14. The summed E-state index contributed by atoms with van der Waals surface area (Å²) in [6.45, 7) is 5.53. The van der Waals surface area contributed by atoms with Crippen LogP contribution in [0.2, 0.25) is 0 Å². The number of hydrogen-bond donors (Lipinski definition) is 1. The van der Waals surface area contributed by atoms with E-state index in [0.717, 1.165) is 30.1 Å². The molecule has 2 aliphatic carbocycles. The highest BCUT2D eigenvalue weighted by atomic mass is 16.5. The Morgan fingerprint density at radius 1 is 1.28 bits per heavy atom. The van der Waals surface area contributed by atoms with E-state index in [4.69, 9.17) is 4.52 Å². The van der Waals surface area contributed by atoms with Crippen LogP contribution in [0.25, 0.3) is 0 Å². The third-order valence-electron chi connectivity index (χ3n) is 4.66. The smallest absolute Gasteiger partial charge is 0.213 e. The van der Waals surface area contributed by atoms with Crippen LogP contribution < -0.4 is 5.32 Å². The molecule has 2 bridgehead atoms. The zero-order valence-electron chi connectivity index (χ0n) is 11.4. The van der Waals surface area contributed by atoms with Crippen LogP contribution in [0.4, 0.5) is 0 Å². The minimum absolute atomic E-state index is 0.320. The Bertz CT molecular complexity index is 370. The second kappa shape index (κ2) is 4.65. The van der Waals surface area contributed by atoms with Crippen molar-refractivity contribution >= 4 is 0 Å². The first-order chi connectivity index (χ1) is 8.65. The lowest BCUT2D eigenvalue weighted by atomic mass is 9.61. The maximum Gasteiger partial charge on any atom is 0.213 e. The summed E-state index contributed by atoms with van der Waals surface area (Å²) in [7, 11) is 0. The molecule has 0 amide bonds. The van der Waals surface area contributed by atoms with E-state index < -0.39 is 0 Å². The van der Waals surface area contributed by atoms with E-state index in [1.807, 2.05) is 0 Å². The van der Waals surface area contributed by atoms with Gasteiger partial charge in [0.2, 0.25) is 6.39 Å². The minimum Gasteiger partial charge on any atom is -0.343 e. The van der Waals surface area contributed by atoms with Crippen LogP contribution in [0, 0.1) is 17.8 Å². The summed E-state index contributed by atoms with van der Waals surface area (Å²) in [6, 6.07) is 0. The number of fused-ring (bicyclic) bond motifs is 2. The van der Waals surface area contributed by atoms with Crippen molar-refractivity contribution in [3.8, 4) is 0 Å². The molecule has 3 rings (SSSR count). The summed E-state index contributed by atoms with van der Waals surface area (Å²) in [5.74, 6) is 3.37. The van der Waals surface area contributed by atoms with Gasteiger partial charge in [0.25, 0.3) is 0 Å². The maximum absolute atomic E-state index is 4.80. The topological polar surface area (TPSA) is 51.0 Å². The summed E-state index contributed by atoms with van der Waals surface area (Å²) < 4.78 is 4.80. The van der Waals surface area contributed by atoms with Crippen LogP contribution in [0.15, 0.2) is 10.9 Å². The van der Waals surface area contributed by atoms with Crippen LogP contribution in [0.3, 0.4) is 0 Å². The van der Waals surface area contributed by atoms with Crippen molar-refractivity contribution in [1.29, 1.82) is 0 Å². The van der Waals surface area contributed by atoms with Crippen molar-refractivity contribution in [2.75, 3.05) is 0 Å². The molecule has 1 aromatic rings. The van der Waals surface area contributed by atoms with E-state index in [2.05, 4.69) is 29.3 Å². The lowest BCUT2D eigenvalue weighted by Crippen LogP contribution is -2.54. The summed E-state index contributed by atoms with van der Waals surface area (Å²) in [5.41, 5.74) is 0.320. The van der Waals surface area contributed by atoms with Gasteiger partial charge >= 0.3 is 0 Å². The molecule has 1 aromatic heterocycles. The van der Waals surface area contributed by atoms with Gasteiger partial charge in [-0.15, -0.1) is 0 Å². The molecule has 18 heavy (non-hydrogen) atoms. The average molecular weight is 249 g/mol. The number of nitrogens with zero attached hydrogens (tertiary/aromatic N) is 2. The number of aromatic nitrogens is 2. The Morgan fingerprint density at radius 2 is 2.00 bits per heavy atom. The summed E-state index contributed by atoms with van der Waals surface area (Å²) in [5, 5.41) is 7.64. The molecule has 1 heterocycles. The first-order valence-corrected chi connectivity index (χ1v) is 7.15. The number of rotatable bonds is 3. The van der Waals surface area contributed by atoms with E-state index in [9.17, 15) is 0 Å². The molecular formula is C14H23N3O. The molecule has 0 saturated heterocycles. The lowest BCUT2D eigenvalue weighted by molar-refractivity contribution is 0.0536. The molecule has 2 aliphatic rings. The van der Waals surface area contributed by atoms with E-state index >= 15 is 0 Å². The molecule has 2 saturated carbocycles. The van der Waals surface area contributed by atoms with Gasteiger partial charge in [0.1, 0.15) is 0 Å². The monoisotopic (exact) mass is 249 g/mol. The molecule has 0 aliphatic heterocycles. The molecule has 1 N–H and O–H groups in total. The zero-order chi connectivity index (χ0) is 12.6. The third kappa shape index (κ3) is 2.44. The molecule has 2 unspecified atom stereocenters. The van der Waals surface area contributed by atoms with Crippen LogP contribution in [0.5, 0.6) is 0 Å². The van der Waals surface area contributed by atoms with Crippen molar-refractivity contribution < 1.29 is 4.52 Å². The fraction of sp³-hybridized carbons (Fsp3) is 0.857. The van der Waals surface area contributed by atoms with Crippen LogP contribution in [-0.2, 0) is 6.54 Å². The van der Waals surface area contributed by atoms with E-state index in [1.54, 1.807) is 0 Å². The standard InChI is InChI=1S/C14H23N3O/c1-10-3-12-4-11(2)6-14(5-10,7-12)16-8-13-15-9-18-17-13/h9-12,16H,3-8H2,1-2H3. The highest BCUT2D eigenvalue weighted by Crippen LogP contribution is 2.47. The lowest BCUT2D eigenvalue weighted by Gasteiger charge is -2.50. The van der Waals surface area contributed by atoms with Crippen molar-refractivity contribution in [1.82, 2.24) is 15.5 Å². The predicted molar refractivity (Wildman–Crippen MR) is 68.8 cm³/mol. The van der Waals surface area contributed by atoms with Gasteiger partial charge in [0, 0.05) is 5.54 Å². The first-order valence-electron chi connectivity index (χ1n) is 7.15. The van der Waals surface area contributed by atoms with E-state index in [-0.39, 0.29) is 0 Å². The minimum atomic E-state index is 0.320. The summed E-state index contributed by atoms with van der Waals surface area (Å²) in [4.78, 5) is 4.10. The summed E-state index contributed by atoms with van der Waals surface area (Å²) in [6.07, 6.45) is 8.16. The van der Waals surface area contributed by atoms with Crippen LogP contribution >= 0.6 is 0 Å². The van der Waals surface area contributed by atoms with Crippen molar-refractivity contribution in [3.63, 3.8) is 0 Å².